The van der Waals surface area contributed by atoms with Gasteiger partial charge in [0, 0.05) is 20.1 Å². The first-order chi connectivity index (χ1) is 10.1. The molecule has 7 heteroatoms. The second kappa shape index (κ2) is 7.09. The van der Waals surface area contributed by atoms with Crippen molar-refractivity contribution in [2.45, 2.75) is 31.2 Å². The van der Waals surface area contributed by atoms with Gasteiger partial charge in [0.15, 0.2) is 11.0 Å². The van der Waals surface area contributed by atoms with Crippen molar-refractivity contribution in [2.75, 3.05) is 13.1 Å². The minimum absolute atomic E-state index is 0.144. The monoisotopic (exact) mass is 324 g/mol. The van der Waals surface area contributed by atoms with E-state index in [9.17, 15) is 4.79 Å². The molecule has 21 heavy (non-hydrogen) atoms. The van der Waals surface area contributed by atoms with Gasteiger partial charge in [0.1, 0.15) is 0 Å². The van der Waals surface area contributed by atoms with Crippen molar-refractivity contribution >= 4 is 29.0 Å². The van der Waals surface area contributed by atoms with E-state index in [4.69, 9.17) is 0 Å². The lowest BCUT2D eigenvalue weighted by Crippen LogP contribution is -2.36. The van der Waals surface area contributed by atoms with E-state index in [1.165, 1.54) is 11.8 Å². The molecule has 2 aromatic rings. The van der Waals surface area contributed by atoms with E-state index in [2.05, 4.69) is 10.2 Å². The summed E-state index contributed by atoms with van der Waals surface area (Å²) in [5.74, 6) is 0.987. The number of hydrogen-bond acceptors (Lipinski definition) is 5. The van der Waals surface area contributed by atoms with Crippen LogP contribution in [0.1, 0.15) is 20.8 Å². The Balaban J connectivity index is 2.12. The van der Waals surface area contributed by atoms with Crippen molar-refractivity contribution in [1.29, 1.82) is 0 Å². The zero-order chi connectivity index (χ0) is 15.4. The lowest BCUT2D eigenvalue weighted by atomic mass is 10.4. The number of thiophene rings is 1. The average molecular weight is 324 g/mol. The van der Waals surface area contributed by atoms with E-state index in [0.717, 1.165) is 28.9 Å². The van der Waals surface area contributed by atoms with Crippen LogP contribution in [0.4, 0.5) is 0 Å². The fourth-order valence-corrected chi connectivity index (χ4v) is 3.68. The first kappa shape index (κ1) is 16.0. The molecule has 0 aliphatic rings. The molecule has 0 radical (unpaired) electrons. The summed E-state index contributed by atoms with van der Waals surface area (Å²) < 4.78 is 1.95. The fourth-order valence-electron chi connectivity index (χ4n) is 2.04. The summed E-state index contributed by atoms with van der Waals surface area (Å²) in [5, 5.41) is 11.1. The Morgan fingerprint density at radius 1 is 1.43 bits per heavy atom. The van der Waals surface area contributed by atoms with Crippen molar-refractivity contribution < 1.29 is 4.79 Å². The van der Waals surface area contributed by atoms with E-state index in [1.54, 1.807) is 11.3 Å². The van der Waals surface area contributed by atoms with Gasteiger partial charge in [-0.05, 0) is 32.2 Å². The lowest BCUT2D eigenvalue weighted by Gasteiger charge is -2.22. The van der Waals surface area contributed by atoms with Crippen molar-refractivity contribution in [3.63, 3.8) is 0 Å². The molecular weight excluding hydrogens is 304 g/mol. The number of carbonyl (C=O) groups is 1. The van der Waals surface area contributed by atoms with Gasteiger partial charge in [-0.2, -0.15) is 0 Å². The van der Waals surface area contributed by atoms with Gasteiger partial charge in [-0.1, -0.05) is 17.8 Å². The number of rotatable bonds is 6. The third kappa shape index (κ3) is 3.47. The minimum Gasteiger partial charge on any atom is -0.342 e. The number of carbonyl (C=O) groups excluding carboxylic acids is 1. The highest BCUT2D eigenvalue weighted by atomic mass is 32.2. The Kier molecular flexibility index (Phi) is 5.41. The highest BCUT2D eigenvalue weighted by molar-refractivity contribution is 8.00. The number of aromatic nitrogens is 3. The van der Waals surface area contributed by atoms with E-state index in [-0.39, 0.29) is 11.2 Å². The van der Waals surface area contributed by atoms with Gasteiger partial charge in [-0.25, -0.2) is 0 Å². The molecule has 0 aliphatic heterocycles. The first-order valence-electron chi connectivity index (χ1n) is 6.97. The Bertz CT molecular complexity index is 590. The Morgan fingerprint density at radius 2 is 2.14 bits per heavy atom. The van der Waals surface area contributed by atoms with Gasteiger partial charge in [-0.15, -0.1) is 21.5 Å². The predicted octanol–water partition coefficient (Wildman–Crippen LogP) is 2.89. The Hall–Kier alpha value is -1.34. The van der Waals surface area contributed by atoms with Gasteiger partial charge in [0.25, 0.3) is 0 Å². The summed E-state index contributed by atoms with van der Waals surface area (Å²) in [5.41, 5.74) is 0. The van der Waals surface area contributed by atoms with Crippen LogP contribution in [0, 0.1) is 0 Å². The van der Waals surface area contributed by atoms with Crippen LogP contribution in [0.25, 0.3) is 10.7 Å². The van der Waals surface area contributed by atoms with Crippen LogP contribution < -0.4 is 0 Å². The van der Waals surface area contributed by atoms with Crippen molar-refractivity contribution in [2.24, 2.45) is 7.05 Å². The average Bonchev–Trinajstić information content (AvgIpc) is 3.11. The van der Waals surface area contributed by atoms with Gasteiger partial charge in [-0.3, -0.25) is 4.79 Å². The maximum atomic E-state index is 12.3. The molecule has 0 fully saturated rings. The second-order valence-corrected chi connectivity index (χ2v) is 6.87. The van der Waals surface area contributed by atoms with Crippen LogP contribution in [-0.4, -0.2) is 43.9 Å². The molecule has 1 amide bonds. The summed E-state index contributed by atoms with van der Waals surface area (Å²) in [4.78, 5) is 15.2. The normalized spacial score (nSPS) is 12.4. The van der Waals surface area contributed by atoms with Gasteiger partial charge in [0.2, 0.25) is 5.91 Å². The highest BCUT2D eigenvalue weighted by Gasteiger charge is 2.22. The van der Waals surface area contributed by atoms with E-state index in [0.29, 0.717) is 0 Å². The maximum Gasteiger partial charge on any atom is 0.235 e. The topological polar surface area (TPSA) is 51.0 Å². The standard InChI is InChI=1S/C14H20N4OS2/c1-5-18(6-2)13(19)10(3)21-14-16-15-12(17(14)4)11-8-7-9-20-11/h7-10H,5-6H2,1-4H3. The van der Waals surface area contributed by atoms with Crippen molar-refractivity contribution in [3.8, 4) is 10.7 Å². The molecule has 0 saturated carbocycles. The van der Waals surface area contributed by atoms with E-state index >= 15 is 0 Å². The molecule has 2 aromatic heterocycles. The highest BCUT2D eigenvalue weighted by Crippen LogP contribution is 2.28. The zero-order valence-corrected chi connectivity index (χ0v) is 14.4. The second-order valence-electron chi connectivity index (χ2n) is 4.61. The summed E-state index contributed by atoms with van der Waals surface area (Å²) >= 11 is 3.09. The van der Waals surface area contributed by atoms with Crippen molar-refractivity contribution in [3.05, 3.63) is 17.5 Å². The zero-order valence-electron chi connectivity index (χ0n) is 12.7. The van der Waals surface area contributed by atoms with E-state index in [1.807, 2.05) is 54.8 Å². The molecule has 114 valence electrons. The summed E-state index contributed by atoms with van der Waals surface area (Å²) in [7, 11) is 1.94. The Morgan fingerprint density at radius 3 is 2.71 bits per heavy atom. The van der Waals surface area contributed by atoms with Crippen LogP contribution >= 0.6 is 23.1 Å². The quantitative estimate of drug-likeness (QED) is 0.767. The number of nitrogens with zero attached hydrogens (tertiary/aromatic N) is 4. The molecule has 1 unspecified atom stereocenters. The molecular formula is C14H20N4OS2. The molecule has 0 aliphatic carbocycles. The fraction of sp³-hybridized carbons (Fsp3) is 0.500. The summed E-state index contributed by atoms with van der Waals surface area (Å²) in [6.45, 7) is 7.38. The number of amides is 1. The van der Waals surface area contributed by atoms with E-state index < -0.39 is 0 Å². The molecule has 0 aromatic carbocycles. The predicted molar refractivity (Wildman–Crippen MR) is 87.6 cm³/mol. The molecule has 0 bridgehead atoms. The molecule has 0 spiro atoms. The van der Waals surface area contributed by atoms with Crippen LogP contribution in [-0.2, 0) is 11.8 Å². The minimum atomic E-state index is -0.163. The Labute approximate surface area is 133 Å². The van der Waals surface area contributed by atoms with Crippen molar-refractivity contribution in [1.82, 2.24) is 19.7 Å². The van der Waals surface area contributed by atoms with Crippen LogP contribution in [0.2, 0.25) is 0 Å². The number of hydrogen-bond donors (Lipinski definition) is 0. The van der Waals surface area contributed by atoms with Gasteiger partial charge in [0.05, 0.1) is 10.1 Å². The molecule has 5 nitrogen and oxygen atoms in total. The molecule has 2 heterocycles. The van der Waals surface area contributed by atoms with Crippen LogP contribution in [0.3, 0.4) is 0 Å². The maximum absolute atomic E-state index is 12.3. The van der Waals surface area contributed by atoms with Crippen LogP contribution in [0.15, 0.2) is 22.7 Å². The summed E-state index contributed by atoms with van der Waals surface area (Å²) in [6.07, 6.45) is 0. The smallest absolute Gasteiger partial charge is 0.235 e. The van der Waals surface area contributed by atoms with Gasteiger partial charge >= 0.3 is 0 Å². The lowest BCUT2D eigenvalue weighted by molar-refractivity contribution is -0.129. The third-order valence-electron chi connectivity index (χ3n) is 3.28. The third-order valence-corrected chi connectivity index (χ3v) is 5.27. The molecule has 1 atom stereocenters. The van der Waals surface area contributed by atoms with Crippen LogP contribution in [0.5, 0.6) is 0 Å². The number of thioether (sulfide) groups is 1. The first-order valence-corrected chi connectivity index (χ1v) is 8.73. The molecule has 2 rings (SSSR count). The molecule has 0 N–H and O–H groups in total. The SMILES string of the molecule is CCN(CC)C(=O)C(C)Sc1nnc(-c2cccs2)n1C. The molecule has 0 saturated heterocycles. The van der Waals surface area contributed by atoms with Gasteiger partial charge < -0.3 is 9.47 Å². The summed E-state index contributed by atoms with van der Waals surface area (Å²) in [6, 6.07) is 4.02. The largest absolute Gasteiger partial charge is 0.342 e.